The van der Waals surface area contributed by atoms with E-state index in [9.17, 15) is 8.78 Å². The Morgan fingerprint density at radius 3 is 2.00 bits per heavy atom. The van der Waals surface area contributed by atoms with Crippen LogP contribution in [0.15, 0.2) is 0 Å². The molecule has 0 heterocycles. The zero-order valence-electron chi connectivity index (χ0n) is 8.02. The summed E-state index contributed by atoms with van der Waals surface area (Å²) in [5.74, 6) is 0. The molecule has 2 atom stereocenters. The van der Waals surface area contributed by atoms with Crippen molar-refractivity contribution in [3.63, 3.8) is 0 Å². The third-order valence-corrected chi connectivity index (χ3v) is 1.38. The number of rotatable bonds is 0. The molecule has 2 unspecified atom stereocenters. The second kappa shape index (κ2) is 11.5. The van der Waals surface area contributed by atoms with Gasteiger partial charge in [-0.3, -0.25) is 10.8 Å². The minimum absolute atomic E-state index is 0. The first kappa shape index (κ1) is 18.4. The molecule has 74 valence electrons. The van der Waals surface area contributed by atoms with E-state index in [-0.39, 0.29) is 34.9 Å². The molecule has 0 aromatic heterocycles. The summed E-state index contributed by atoms with van der Waals surface area (Å²) >= 11 is 0. The monoisotopic (exact) mass is 348 g/mol. The minimum atomic E-state index is -0.987. The van der Waals surface area contributed by atoms with Gasteiger partial charge in [-0.1, -0.05) is 13.8 Å². The summed E-state index contributed by atoms with van der Waals surface area (Å²) in [5.41, 5.74) is 0. The fourth-order valence-corrected chi connectivity index (χ4v) is 0.916. The Hall–Kier alpha value is 0.548. The molecular weight excluding hydrogens is 330 g/mol. The van der Waals surface area contributed by atoms with E-state index in [1.165, 1.54) is 6.42 Å². The van der Waals surface area contributed by atoms with E-state index in [0.29, 0.717) is 12.8 Å². The molecule has 1 saturated carbocycles. The van der Waals surface area contributed by atoms with Crippen LogP contribution in [0.25, 0.3) is 0 Å². The fourth-order valence-electron chi connectivity index (χ4n) is 0.916. The number of hydrogen-bond acceptors (Lipinski definition) is 0. The Labute approximate surface area is 89.4 Å². The summed E-state index contributed by atoms with van der Waals surface area (Å²) < 4.78 is 24.3. The van der Waals surface area contributed by atoms with E-state index >= 15 is 0 Å². The molecule has 1 aliphatic rings. The van der Waals surface area contributed by atoms with Crippen LogP contribution in [0, 0.1) is 13.8 Å². The Balaban J connectivity index is -0.000000189. The van der Waals surface area contributed by atoms with E-state index in [0.717, 1.165) is 0 Å². The van der Waals surface area contributed by atoms with Crippen LogP contribution >= 0.6 is 0 Å². The molecular formula is C9H18F2W. The maximum Gasteiger partial charge on any atom is 2.00 e. The Bertz CT molecular complexity index is 70.9. The molecule has 1 rings (SSSR count). The van der Waals surface area contributed by atoms with Gasteiger partial charge in [-0.15, -0.1) is 0 Å². The van der Waals surface area contributed by atoms with Crippen molar-refractivity contribution in [1.29, 1.82) is 0 Å². The maximum absolute atomic E-state index is 12.2. The van der Waals surface area contributed by atoms with Gasteiger partial charge in [0.15, 0.2) is 0 Å². The standard InChI is InChI=1S/C6H9F2.C2H6.CH3.W/c7-5-2-1-3-6(8)4-5;1-2;;/h2,5-6H,1,3-4H2;1-2H3;1H3;/q-1;;-1;+2. The molecule has 0 aliphatic heterocycles. The van der Waals surface area contributed by atoms with E-state index in [2.05, 4.69) is 0 Å². The van der Waals surface area contributed by atoms with E-state index in [1.807, 2.05) is 13.8 Å². The molecule has 1 aliphatic carbocycles. The Morgan fingerprint density at radius 1 is 1.25 bits per heavy atom. The van der Waals surface area contributed by atoms with Crippen LogP contribution in [0.4, 0.5) is 8.78 Å². The van der Waals surface area contributed by atoms with Crippen LogP contribution in [0.5, 0.6) is 0 Å². The van der Waals surface area contributed by atoms with E-state index < -0.39 is 12.3 Å². The molecule has 0 aromatic rings. The molecule has 0 spiro atoms. The normalized spacial score (nSPS) is 27.0. The van der Waals surface area contributed by atoms with Crippen molar-refractivity contribution in [3.8, 4) is 0 Å². The molecule has 0 aromatic carbocycles. The smallest absolute Gasteiger partial charge is 0.358 e. The Morgan fingerprint density at radius 2 is 1.75 bits per heavy atom. The second-order valence-corrected chi connectivity index (χ2v) is 2.16. The Kier molecular flexibility index (Phi) is 17.7. The average molecular weight is 348 g/mol. The number of halogens is 2. The molecule has 0 saturated heterocycles. The van der Waals surface area contributed by atoms with Crippen molar-refractivity contribution in [3.05, 3.63) is 13.8 Å². The van der Waals surface area contributed by atoms with Crippen molar-refractivity contribution >= 4 is 0 Å². The number of alkyl halides is 2. The molecule has 12 heavy (non-hydrogen) atoms. The van der Waals surface area contributed by atoms with Gasteiger partial charge < -0.3 is 7.43 Å². The molecule has 1 fully saturated rings. The van der Waals surface area contributed by atoms with Crippen LogP contribution in [0.2, 0.25) is 0 Å². The predicted octanol–water partition coefficient (Wildman–Crippen LogP) is 3.52. The van der Waals surface area contributed by atoms with Crippen molar-refractivity contribution in [2.75, 3.05) is 0 Å². The van der Waals surface area contributed by atoms with Gasteiger partial charge in [-0.2, -0.15) is 6.42 Å². The summed E-state index contributed by atoms with van der Waals surface area (Å²) in [6, 6.07) is 0. The van der Waals surface area contributed by atoms with Gasteiger partial charge in [0.25, 0.3) is 0 Å². The van der Waals surface area contributed by atoms with Crippen LogP contribution in [-0.4, -0.2) is 12.3 Å². The summed E-state index contributed by atoms with van der Waals surface area (Å²) in [7, 11) is 0. The molecule has 0 radical (unpaired) electrons. The summed E-state index contributed by atoms with van der Waals surface area (Å²) in [6.45, 7) is 4.00. The van der Waals surface area contributed by atoms with Crippen molar-refractivity contribution in [2.24, 2.45) is 0 Å². The van der Waals surface area contributed by atoms with Gasteiger partial charge in [0.2, 0.25) is 0 Å². The predicted molar refractivity (Wildman–Crippen MR) is 45.7 cm³/mol. The summed E-state index contributed by atoms with van der Waals surface area (Å²) in [6.07, 6.45) is 0.854. The molecule has 0 amide bonds. The topological polar surface area (TPSA) is 0 Å². The first-order valence-electron chi connectivity index (χ1n) is 3.90. The summed E-state index contributed by atoms with van der Waals surface area (Å²) in [5, 5.41) is 0. The van der Waals surface area contributed by atoms with Crippen LogP contribution in [0.3, 0.4) is 0 Å². The molecule has 3 heteroatoms. The van der Waals surface area contributed by atoms with E-state index in [4.69, 9.17) is 0 Å². The summed E-state index contributed by atoms with van der Waals surface area (Å²) in [4.78, 5) is 0. The minimum Gasteiger partial charge on any atom is -0.358 e. The maximum atomic E-state index is 12.2. The third kappa shape index (κ3) is 8.64. The van der Waals surface area contributed by atoms with Crippen molar-refractivity contribution in [1.82, 2.24) is 0 Å². The SMILES string of the molecule is CC.FC1[CH-]CCC(F)C1.[CH3-].[W+2]. The van der Waals surface area contributed by atoms with Gasteiger partial charge in [-0.05, 0) is 19.0 Å². The third-order valence-electron chi connectivity index (χ3n) is 1.38. The quantitative estimate of drug-likeness (QED) is 0.588. The van der Waals surface area contributed by atoms with Crippen LogP contribution in [-0.2, 0) is 21.1 Å². The average Bonchev–Trinajstić information content (AvgIpc) is 1.91. The first-order valence-corrected chi connectivity index (χ1v) is 3.90. The van der Waals surface area contributed by atoms with Gasteiger partial charge in [0.05, 0.1) is 6.17 Å². The first-order chi connectivity index (χ1) is 4.79. The second-order valence-electron chi connectivity index (χ2n) is 2.16. The largest absolute Gasteiger partial charge is 2.00 e. The fraction of sp³-hybridized carbons (Fsp3) is 0.778. The number of hydrogen-bond donors (Lipinski definition) is 0. The van der Waals surface area contributed by atoms with Crippen LogP contribution < -0.4 is 0 Å². The van der Waals surface area contributed by atoms with Gasteiger partial charge in [0, 0.05) is 0 Å². The zero-order valence-corrected chi connectivity index (χ0v) is 11.0. The van der Waals surface area contributed by atoms with Gasteiger partial charge in [0.1, 0.15) is 0 Å². The molecule has 0 nitrogen and oxygen atoms in total. The molecule has 0 N–H and O–H groups in total. The zero-order chi connectivity index (χ0) is 7.98. The van der Waals surface area contributed by atoms with Crippen LogP contribution in [0.1, 0.15) is 33.1 Å². The van der Waals surface area contributed by atoms with Crippen molar-refractivity contribution in [2.45, 2.75) is 45.5 Å². The van der Waals surface area contributed by atoms with E-state index in [1.54, 1.807) is 0 Å². The van der Waals surface area contributed by atoms with Gasteiger partial charge in [-0.25, -0.2) is 4.39 Å². The van der Waals surface area contributed by atoms with Crippen molar-refractivity contribution < 1.29 is 29.8 Å². The van der Waals surface area contributed by atoms with Gasteiger partial charge >= 0.3 is 21.1 Å². The molecule has 0 bridgehead atoms.